The number of nitrogens with zero attached hydrogens (tertiary/aromatic N) is 3. The summed E-state index contributed by atoms with van der Waals surface area (Å²) in [7, 11) is 0. The van der Waals surface area contributed by atoms with Crippen LogP contribution in [0, 0.1) is 17.0 Å². The van der Waals surface area contributed by atoms with E-state index in [1.54, 1.807) is 12.1 Å². The van der Waals surface area contributed by atoms with Crippen molar-refractivity contribution < 1.29 is 32.2 Å². The number of carboxylic acids is 1. The number of benzene rings is 3. The number of anilines is 1. The molecule has 3 heterocycles. The Morgan fingerprint density at radius 3 is 2.24 bits per heavy atom. The van der Waals surface area contributed by atoms with E-state index in [2.05, 4.69) is 0 Å². The number of rotatable bonds is 9. The highest BCUT2D eigenvalue weighted by molar-refractivity contribution is 5.69. The van der Waals surface area contributed by atoms with E-state index < -0.39 is 42.2 Å². The van der Waals surface area contributed by atoms with Gasteiger partial charge in [0.25, 0.3) is 5.92 Å². The highest BCUT2D eigenvalue weighted by Gasteiger charge is 2.41. The Bertz CT molecular complexity index is 1580. The molecule has 1 spiro atoms. The molecule has 0 radical (unpaired) electrons. The standard InChI is InChI=1S/C39H47F4N3O3/c1-27-19-29-20-31(49-24-28-9-4-3-5-10-28)11-12-32(29)37(46(27)25-38(2,42)43)36-33(40)21-30(22-34(36)41)45-17-7-14-39(15-8-18-45)13-6-16-44(26-39)23-35(47)48/h3-5,9-12,20-22,27,37H,6-8,13-19,23-26H2,1-2H3,(H,47,48)/t27-,37?/m1/s1. The molecule has 2 fully saturated rings. The highest BCUT2D eigenvalue weighted by Crippen LogP contribution is 2.44. The molecule has 0 amide bonds. The molecule has 1 unspecified atom stereocenters. The fourth-order valence-corrected chi connectivity index (χ4v) is 8.46. The third-order valence-corrected chi connectivity index (χ3v) is 10.6. The van der Waals surface area contributed by atoms with Crippen LogP contribution >= 0.6 is 0 Å². The third kappa shape index (κ3) is 8.40. The molecule has 1 N–H and O–H groups in total. The molecule has 6 rings (SSSR count). The molecule has 10 heteroatoms. The topological polar surface area (TPSA) is 56.3 Å². The Morgan fingerprint density at radius 1 is 0.959 bits per heavy atom. The molecule has 2 saturated heterocycles. The molecule has 3 aliphatic heterocycles. The van der Waals surface area contributed by atoms with Gasteiger partial charge in [-0.1, -0.05) is 36.4 Å². The second kappa shape index (κ2) is 14.7. The number of halogens is 4. The lowest BCUT2D eigenvalue weighted by Crippen LogP contribution is -2.48. The largest absolute Gasteiger partial charge is 0.489 e. The van der Waals surface area contributed by atoms with Crippen LogP contribution in [0.15, 0.2) is 60.7 Å². The van der Waals surface area contributed by atoms with Crippen molar-refractivity contribution in [2.45, 2.75) is 83.4 Å². The molecule has 3 aromatic carbocycles. The maximum absolute atomic E-state index is 16.3. The molecule has 0 aromatic heterocycles. The molecular weight excluding hydrogens is 634 g/mol. The van der Waals surface area contributed by atoms with E-state index in [1.165, 1.54) is 17.0 Å². The SMILES string of the molecule is C[C@@H]1Cc2cc(OCc3ccccc3)ccc2C(c2c(F)cc(N3CCCC4(CCCN(CC(=O)O)C4)CCC3)cc2F)N1CC(C)(F)F. The van der Waals surface area contributed by atoms with Crippen LogP contribution < -0.4 is 9.64 Å². The van der Waals surface area contributed by atoms with E-state index in [-0.39, 0.29) is 17.5 Å². The molecule has 0 saturated carbocycles. The van der Waals surface area contributed by atoms with Crippen molar-refractivity contribution in [2.75, 3.05) is 44.2 Å². The van der Waals surface area contributed by atoms with Gasteiger partial charge in [-0.3, -0.25) is 14.6 Å². The third-order valence-electron chi connectivity index (χ3n) is 10.6. The maximum atomic E-state index is 16.3. The lowest BCUT2D eigenvalue weighted by molar-refractivity contribution is -0.139. The first-order chi connectivity index (χ1) is 23.4. The molecule has 2 atom stereocenters. The van der Waals surface area contributed by atoms with Crippen LogP contribution in [0.4, 0.5) is 23.2 Å². The second-order valence-electron chi connectivity index (χ2n) is 14.6. The van der Waals surface area contributed by atoms with Gasteiger partial charge in [0.1, 0.15) is 24.0 Å². The van der Waals surface area contributed by atoms with Gasteiger partial charge in [-0.25, -0.2) is 17.6 Å². The minimum absolute atomic E-state index is 0.0551. The Morgan fingerprint density at radius 2 is 1.61 bits per heavy atom. The summed E-state index contributed by atoms with van der Waals surface area (Å²) in [6.07, 6.45) is 5.99. The summed E-state index contributed by atoms with van der Waals surface area (Å²) in [6, 6.07) is 16.4. The first-order valence-corrected chi connectivity index (χ1v) is 17.5. The van der Waals surface area contributed by atoms with Gasteiger partial charge >= 0.3 is 5.97 Å². The molecule has 0 bridgehead atoms. The van der Waals surface area contributed by atoms with Crippen molar-refractivity contribution >= 4 is 11.7 Å². The highest BCUT2D eigenvalue weighted by atomic mass is 19.3. The Kier molecular flexibility index (Phi) is 10.6. The van der Waals surface area contributed by atoms with Crippen molar-refractivity contribution in [3.63, 3.8) is 0 Å². The first-order valence-electron chi connectivity index (χ1n) is 17.5. The van der Waals surface area contributed by atoms with E-state index in [0.29, 0.717) is 43.1 Å². The summed E-state index contributed by atoms with van der Waals surface area (Å²) in [5, 5.41) is 9.30. The fourth-order valence-electron chi connectivity index (χ4n) is 8.46. The molecule has 0 aliphatic carbocycles. The number of alkyl halides is 2. The summed E-state index contributed by atoms with van der Waals surface area (Å²) < 4.78 is 67.8. The number of fused-ring (bicyclic) bond motifs is 1. The smallest absolute Gasteiger partial charge is 0.317 e. The molecule has 3 aromatic rings. The van der Waals surface area contributed by atoms with E-state index in [1.807, 2.05) is 53.1 Å². The van der Waals surface area contributed by atoms with Crippen molar-refractivity contribution in [3.05, 3.63) is 94.6 Å². The monoisotopic (exact) mass is 681 g/mol. The number of hydrogen-bond donors (Lipinski definition) is 1. The van der Waals surface area contributed by atoms with Crippen LogP contribution in [-0.2, 0) is 17.8 Å². The van der Waals surface area contributed by atoms with Gasteiger partial charge in [-0.15, -0.1) is 0 Å². The van der Waals surface area contributed by atoms with Gasteiger partial charge in [0.05, 0.1) is 19.1 Å². The molecule has 49 heavy (non-hydrogen) atoms. The summed E-state index contributed by atoms with van der Waals surface area (Å²) in [6.45, 7) is 5.26. The van der Waals surface area contributed by atoms with Gasteiger partial charge in [0.15, 0.2) is 0 Å². The van der Waals surface area contributed by atoms with Crippen LogP contribution in [-0.4, -0.2) is 72.1 Å². The predicted molar refractivity (Wildman–Crippen MR) is 182 cm³/mol. The first kappa shape index (κ1) is 35.2. The molecule has 3 aliphatic rings. The lowest BCUT2D eigenvalue weighted by atomic mass is 9.72. The van der Waals surface area contributed by atoms with Gasteiger partial charge in [0.2, 0.25) is 0 Å². The number of likely N-dealkylation sites (tertiary alicyclic amines) is 1. The summed E-state index contributed by atoms with van der Waals surface area (Å²) in [4.78, 5) is 16.9. The predicted octanol–water partition coefficient (Wildman–Crippen LogP) is 8.08. The number of ether oxygens (including phenoxy) is 1. The zero-order chi connectivity index (χ0) is 34.8. The number of carboxylic acid groups (broad SMARTS) is 1. The average molecular weight is 682 g/mol. The van der Waals surface area contributed by atoms with Crippen LogP contribution in [0.5, 0.6) is 5.75 Å². The Labute approximate surface area is 286 Å². The van der Waals surface area contributed by atoms with Crippen molar-refractivity contribution in [1.82, 2.24) is 9.80 Å². The van der Waals surface area contributed by atoms with Crippen LogP contribution in [0.3, 0.4) is 0 Å². The van der Waals surface area contributed by atoms with Crippen LogP contribution in [0.1, 0.15) is 80.7 Å². The van der Waals surface area contributed by atoms with Gasteiger partial charge in [0, 0.05) is 43.9 Å². The molecule has 264 valence electrons. The summed E-state index contributed by atoms with van der Waals surface area (Å²) in [5.74, 6) is -4.76. The van der Waals surface area contributed by atoms with E-state index >= 15 is 8.78 Å². The maximum Gasteiger partial charge on any atom is 0.317 e. The van der Waals surface area contributed by atoms with Crippen molar-refractivity contribution in [3.8, 4) is 5.75 Å². The van der Waals surface area contributed by atoms with Gasteiger partial charge in [-0.05, 0) is 105 Å². The summed E-state index contributed by atoms with van der Waals surface area (Å²) in [5.41, 5.74) is 2.73. The average Bonchev–Trinajstić information content (AvgIpc) is 3.02. The van der Waals surface area contributed by atoms with Crippen molar-refractivity contribution in [1.29, 1.82) is 0 Å². The van der Waals surface area contributed by atoms with Crippen LogP contribution in [0.2, 0.25) is 0 Å². The quantitative estimate of drug-likeness (QED) is 0.231. The van der Waals surface area contributed by atoms with E-state index in [0.717, 1.165) is 69.7 Å². The fraction of sp³-hybridized carbons (Fsp3) is 0.513. The Balaban J connectivity index is 1.24. The number of hydrogen-bond acceptors (Lipinski definition) is 5. The molecular formula is C39H47F4N3O3. The van der Waals surface area contributed by atoms with Gasteiger partial charge < -0.3 is 14.7 Å². The number of aliphatic carboxylic acids is 1. The molecule has 6 nitrogen and oxygen atoms in total. The minimum Gasteiger partial charge on any atom is -0.489 e. The van der Waals surface area contributed by atoms with E-state index in [4.69, 9.17) is 4.74 Å². The number of carbonyl (C=O) groups is 1. The minimum atomic E-state index is -3.07. The van der Waals surface area contributed by atoms with Gasteiger partial charge in [-0.2, -0.15) is 0 Å². The Hall–Kier alpha value is -3.63. The summed E-state index contributed by atoms with van der Waals surface area (Å²) >= 11 is 0. The second-order valence-corrected chi connectivity index (χ2v) is 14.6. The van der Waals surface area contributed by atoms with E-state index in [9.17, 15) is 18.7 Å². The van der Waals surface area contributed by atoms with Crippen LogP contribution in [0.25, 0.3) is 0 Å². The normalized spacial score (nSPS) is 22.0. The lowest BCUT2D eigenvalue weighted by Gasteiger charge is -2.45. The number of piperidine rings is 1. The van der Waals surface area contributed by atoms with Crippen molar-refractivity contribution in [2.24, 2.45) is 5.41 Å². The zero-order valence-electron chi connectivity index (χ0n) is 28.4. The zero-order valence-corrected chi connectivity index (χ0v) is 28.4.